The van der Waals surface area contributed by atoms with Crippen LogP contribution in [0.4, 0.5) is 34.1 Å². The third-order valence-electron chi connectivity index (χ3n) is 13.3. The third-order valence-corrected chi connectivity index (χ3v) is 15.6. The van der Waals surface area contributed by atoms with Gasteiger partial charge in [-0.15, -0.1) is 22.7 Å². The van der Waals surface area contributed by atoms with E-state index >= 15 is 0 Å². The summed E-state index contributed by atoms with van der Waals surface area (Å²) in [4.78, 5) is 8.12. The molecule has 0 spiro atoms. The maximum Gasteiger partial charge on any atom is 0.0991 e. The molecular formula is C74H42N4S2. The van der Waals surface area contributed by atoms with Crippen molar-refractivity contribution in [3.63, 3.8) is 0 Å². The maximum absolute atomic E-state index is 9.43. The van der Waals surface area contributed by atoms with Crippen molar-refractivity contribution < 1.29 is 0 Å². The van der Waals surface area contributed by atoms with Gasteiger partial charge in [0.2, 0.25) is 0 Å². The average Bonchev–Trinajstić information content (AvgIpc) is 4.16. The second-order valence-corrected chi connectivity index (χ2v) is 20.6. The molecule has 0 amide bonds. The van der Waals surface area contributed by atoms with E-state index in [1.54, 1.807) is 46.9 Å². The maximum atomic E-state index is 9.43. The number of para-hydroxylation sites is 2. The Balaban J connectivity index is 0.938. The van der Waals surface area contributed by atoms with Crippen LogP contribution in [0, 0.1) is 70.0 Å². The molecule has 0 atom stereocenters. The van der Waals surface area contributed by atoms with Crippen LogP contribution in [0.1, 0.15) is 54.3 Å². The number of thiophene rings is 2. The van der Waals surface area contributed by atoms with Crippen LogP contribution in [0.15, 0.2) is 255 Å². The second-order valence-electron chi connectivity index (χ2n) is 18.5. The summed E-state index contributed by atoms with van der Waals surface area (Å²) in [5.41, 5.74) is 12.4. The Labute approximate surface area is 474 Å². The van der Waals surface area contributed by atoms with Gasteiger partial charge in [-0.2, -0.15) is 10.5 Å². The van der Waals surface area contributed by atoms with Crippen LogP contribution >= 0.6 is 22.7 Å². The van der Waals surface area contributed by atoms with Crippen LogP contribution in [0.5, 0.6) is 0 Å². The van der Waals surface area contributed by atoms with E-state index < -0.39 is 0 Å². The molecule has 2 aromatic heterocycles. The summed E-state index contributed by atoms with van der Waals surface area (Å²) in [6, 6.07) is 90.5. The van der Waals surface area contributed by atoms with Crippen LogP contribution in [0.25, 0.3) is 31.3 Å². The lowest BCUT2D eigenvalue weighted by atomic mass is 10.1. The second kappa shape index (κ2) is 23.0. The van der Waals surface area contributed by atoms with Gasteiger partial charge in [-0.05, 0) is 156 Å². The van der Waals surface area contributed by atoms with Crippen molar-refractivity contribution in [3.8, 4) is 69.3 Å². The van der Waals surface area contributed by atoms with Crippen molar-refractivity contribution in [2.45, 2.75) is 0 Å². The van der Waals surface area contributed by atoms with E-state index in [0.717, 1.165) is 97.8 Å². The van der Waals surface area contributed by atoms with Crippen molar-refractivity contribution in [3.05, 3.63) is 309 Å². The lowest BCUT2D eigenvalue weighted by molar-refractivity contribution is 1.30. The standard InChI is InChI=1S/C74H42N4S2/c75-51-57-29-25-53(26-30-57)39-47-67-49-61(41-33-55-35-43-65(44-36-55)77(63-17-3-1-4-18-63)71-23-11-15-59-13-7-9-21-69(59)71)73(79-67)74-62(50-68(80-74)48-40-54-27-31-58(52-76)32-28-54)42-34-56-37-45-66(46-38-56)78(64-19-5-2-6-20-64)72-24-12-16-60-14-8-10-22-70(60)72/h1-32,35-38,43-46,49-50H. The number of benzene rings is 10. The highest BCUT2D eigenvalue weighted by Gasteiger charge is 2.19. The predicted molar refractivity (Wildman–Crippen MR) is 331 cm³/mol. The van der Waals surface area contributed by atoms with Gasteiger partial charge in [-0.1, -0.05) is 157 Å². The van der Waals surface area contributed by atoms with E-state index in [2.05, 4.69) is 263 Å². The number of anilines is 6. The summed E-state index contributed by atoms with van der Waals surface area (Å²) in [5.74, 6) is 27.6. The Morgan fingerprint density at radius 1 is 0.275 bits per heavy atom. The molecule has 4 nitrogen and oxygen atoms in total. The van der Waals surface area contributed by atoms with Crippen LogP contribution in [0.2, 0.25) is 0 Å². The SMILES string of the molecule is N#Cc1ccc(C#Cc2cc(C#Cc3ccc(N(c4ccccc4)c4cccc5ccccc45)cc3)c(-c3sc(C#Cc4ccc(C#N)cc4)cc3C#Cc3ccc(N(c4ccccc4)c4cccc5ccccc45)cc3)s2)cc1. The van der Waals surface area contributed by atoms with Crippen molar-refractivity contribution in [1.82, 2.24) is 0 Å². The molecule has 12 aromatic rings. The number of rotatable bonds is 7. The summed E-state index contributed by atoms with van der Waals surface area (Å²) in [6.45, 7) is 0. The minimum absolute atomic E-state index is 0.580. The Hall–Kier alpha value is -11.1. The molecule has 10 aromatic carbocycles. The summed E-state index contributed by atoms with van der Waals surface area (Å²) in [7, 11) is 0. The Bertz CT molecular complexity index is 4300. The van der Waals surface area contributed by atoms with E-state index in [1.165, 1.54) is 10.8 Å². The Morgan fingerprint density at radius 3 is 0.975 bits per heavy atom. The molecule has 0 N–H and O–H groups in total. The molecule has 0 aliphatic rings. The van der Waals surface area contributed by atoms with Crippen molar-refractivity contribution in [2.75, 3.05) is 9.80 Å². The summed E-state index contributed by atoms with van der Waals surface area (Å²) in [5, 5.41) is 23.5. The van der Waals surface area contributed by atoms with Crippen molar-refractivity contribution in [2.24, 2.45) is 0 Å². The highest BCUT2D eigenvalue weighted by atomic mass is 32.1. The van der Waals surface area contributed by atoms with Gasteiger partial charge >= 0.3 is 0 Å². The number of fused-ring (bicyclic) bond motifs is 2. The normalized spacial score (nSPS) is 10.3. The number of nitriles is 2. The first-order valence-electron chi connectivity index (χ1n) is 25.8. The van der Waals surface area contributed by atoms with E-state index in [-0.39, 0.29) is 0 Å². The third kappa shape index (κ3) is 11.0. The lowest BCUT2D eigenvalue weighted by Crippen LogP contribution is -2.10. The zero-order valence-electron chi connectivity index (χ0n) is 42.9. The minimum atomic E-state index is 0.580. The summed E-state index contributed by atoms with van der Waals surface area (Å²) in [6.07, 6.45) is 0. The molecular weight excluding hydrogens is 1010 g/mol. The smallest absolute Gasteiger partial charge is 0.0991 e. The summed E-state index contributed by atoms with van der Waals surface area (Å²) < 4.78 is 0. The first-order valence-corrected chi connectivity index (χ1v) is 27.4. The monoisotopic (exact) mass is 1050 g/mol. The van der Waals surface area contributed by atoms with Gasteiger partial charge in [0.15, 0.2) is 0 Å². The highest BCUT2D eigenvalue weighted by Crippen LogP contribution is 2.42. The molecule has 80 heavy (non-hydrogen) atoms. The topological polar surface area (TPSA) is 54.1 Å². The number of hydrogen-bond acceptors (Lipinski definition) is 6. The van der Waals surface area contributed by atoms with Gasteiger partial charge in [0.05, 0.1) is 54.1 Å². The minimum Gasteiger partial charge on any atom is -0.310 e. The number of hydrogen-bond donors (Lipinski definition) is 0. The molecule has 0 radical (unpaired) electrons. The molecule has 2 heterocycles. The van der Waals surface area contributed by atoms with E-state index in [9.17, 15) is 10.5 Å². The van der Waals surface area contributed by atoms with Gasteiger partial charge in [0.1, 0.15) is 0 Å². The lowest BCUT2D eigenvalue weighted by Gasteiger charge is -2.26. The quantitative estimate of drug-likeness (QED) is 0.149. The molecule has 0 fully saturated rings. The first-order chi connectivity index (χ1) is 39.5. The molecule has 0 bridgehead atoms. The van der Waals surface area contributed by atoms with Gasteiger partial charge in [-0.25, -0.2) is 0 Å². The molecule has 6 heteroatoms. The molecule has 0 saturated heterocycles. The van der Waals surface area contributed by atoms with Crippen LogP contribution in [-0.4, -0.2) is 0 Å². The Kier molecular flexibility index (Phi) is 14.3. The molecule has 370 valence electrons. The van der Waals surface area contributed by atoms with E-state index in [0.29, 0.717) is 11.1 Å². The van der Waals surface area contributed by atoms with Crippen LogP contribution in [0.3, 0.4) is 0 Å². The van der Waals surface area contributed by atoms with Crippen molar-refractivity contribution >= 4 is 78.3 Å². The summed E-state index contributed by atoms with van der Waals surface area (Å²) >= 11 is 3.14. The van der Waals surface area contributed by atoms with Crippen LogP contribution in [-0.2, 0) is 0 Å². The van der Waals surface area contributed by atoms with Gasteiger partial charge in [-0.3, -0.25) is 0 Å². The zero-order chi connectivity index (χ0) is 54.0. The highest BCUT2D eigenvalue weighted by molar-refractivity contribution is 7.23. The zero-order valence-corrected chi connectivity index (χ0v) is 44.5. The first kappa shape index (κ1) is 49.8. The van der Waals surface area contributed by atoms with Gasteiger partial charge < -0.3 is 9.80 Å². The fourth-order valence-electron chi connectivity index (χ4n) is 9.43. The fraction of sp³-hybridized carbons (Fsp3) is 0. The van der Waals surface area contributed by atoms with Crippen molar-refractivity contribution in [1.29, 1.82) is 10.5 Å². The molecule has 0 saturated carbocycles. The Morgan fingerprint density at radius 2 is 0.588 bits per heavy atom. The van der Waals surface area contributed by atoms with Crippen LogP contribution < -0.4 is 9.80 Å². The number of nitrogens with zero attached hydrogens (tertiary/aromatic N) is 4. The van der Waals surface area contributed by atoms with E-state index in [1.807, 2.05) is 36.4 Å². The van der Waals surface area contributed by atoms with Gasteiger partial charge in [0, 0.05) is 66.9 Å². The average molecular weight is 1050 g/mol. The molecule has 0 unspecified atom stereocenters. The predicted octanol–water partition coefficient (Wildman–Crippen LogP) is 18.1. The molecule has 12 rings (SSSR count). The molecule has 0 aliphatic carbocycles. The molecule has 0 aliphatic heterocycles. The van der Waals surface area contributed by atoms with Gasteiger partial charge in [0.25, 0.3) is 0 Å². The largest absolute Gasteiger partial charge is 0.310 e. The fourth-order valence-corrected chi connectivity index (χ4v) is 11.5. The van der Waals surface area contributed by atoms with E-state index in [4.69, 9.17) is 0 Å².